The molecule has 116 valence electrons. The van der Waals surface area contributed by atoms with Gasteiger partial charge < -0.3 is 19.9 Å². The molecular formula is C16H13N3O4. The lowest BCUT2D eigenvalue weighted by Crippen LogP contribution is -1.97. The molecule has 3 N–H and O–H groups in total. The zero-order chi connectivity index (χ0) is 16.0. The Balaban J connectivity index is 1.69. The summed E-state index contributed by atoms with van der Waals surface area (Å²) in [7, 11) is 0. The number of aromatic amines is 1. The smallest absolute Gasteiger partial charge is 0.339 e. The Morgan fingerprint density at radius 2 is 2.26 bits per heavy atom. The van der Waals surface area contributed by atoms with Gasteiger partial charge in [-0.25, -0.2) is 14.8 Å². The molecule has 0 amide bonds. The molecule has 0 radical (unpaired) electrons. The third-order valence-electron chi connectivity index (χ3n) is 3.98. The molecule has 1 aliphatic rings. The van der Waals surface area contributed by atoms with Gasteiger partial charge in [0.2, 0.25) is 5.88 Å². The molecule has 1 aromatic carbocycles. The van der Waals surface area contributed by atoms with Crippen molar-refractivity contribution in [1.82, 2.24) is 15.0 Å². The molecule has 7 nitrogen and oxygen atoms in total. The van der Waals surface area contributed by atoms with Gasteiger partial charge in [0, 0.05) is 6.20 Å². The summed E-state index contributed by atoms with van der Waals surface area (Å²) >= 11 is 0. The summed E-state index contributed by atoms with van der Waals surface area (Å²) in [6.07, 6.45) is 3.88. The number of hydrogen-bond acceptors (Lipinski definition) is 5. The zero-order valence-corrected chi connectivity index (χ0v) is 12.0. The maximum atomic E-state index is 11.2. The fourth-order valence-electron chi connectivity index (χ4n) is 2.83. The van der Waals surface area contributed by atoms with E-state index in [9.17, 15) is 9.90 Å². The molecule has 4 rings (SSSR count). The molecule has 0 fully saturated rings. The van der Waals surface area contributed by atoms with Gasteiger partial charge in [0.05, 0.1) is 12.3 Å². The highest BCUT2D eigenvalue weighted by atomic mass is 16.5. The van der Waals surface area contributed by atoms with Crippen LogP contribution in [0.1, 0.15) is 34.0 Å². The van der Waals surface area contributed by atoms with Crippen LogP contribution in [0, 0.1) is 0 Å². The Morgan fingerprint density at radius 1 is 1.39 bits per heavy atom. The Kier molecular flexibility index (Phi) is 3.02. The molecular weight excluding hydrogens is 298 g/mol. The number of nitrogens with one attached hydrogen (secondary N) is 1. The third kappa shape index (κ3) is 2.31. The number of carbonyl (C=O) groups is 1. The van der Waals surface area contributed by atoms with Crippen molar-refractivity contribution >= 4 is 17.1 Å². The molecule has 0 saturated carbocycles. The summed E-state index contributed by atoms with van der Waals surface area (Å²) in [6.45, 7) is 0. The van der Waals surface area contributed by atoms with E-state index in [4.69, 9.17) is 9.84 Å². The van der Waals surface area contributed by atoms with Crippen LogP contribution in [0.25, 0.3) is 11.2 Å². The lowest BCUT2D eigenvalue weighted by Gasteiger charge is -2.08. The lowest BCUT2D eigenvalue weighted by atomic mass is 10.1. The van der Waals surface area contributed by atoms with E-state index in [0.717, 1.165) is 24.0 Å². The quantitative estimate of drug-likeness (QED) is 0.685. The molecule has 2 heterocycles. The van der Waals surface area contributed by atoms with Crippen LogP contribution < -0.4 is 4.74 Å². The first kappa shape index (κ1) is 13.7. The van der Waals surface area contributed by atoms with Crippen molar-refractivity contribution in [2.75, 3.05) is 0 Å². The van der Waals surface area contributed by atoms with E-state index in [-0.39, 0.29) is 17.0 Å². The number of ether oxygens (including phenoxy) is 1. The third-order valence-corrected chi connectivity index (χ3v) is 3.98. The second kappa shape index (κ2) is 5.06. The first-order valence-corrected chi connectivity index (χ1v) is 7.18. The summed E-state index contributed by atoms with van der Waals surface area (Å²) in [4.78, 5) is 22.2. The molecule has 0 saturated heterocycles. The van der Waals surface area contributed by atoms with Gasteiger partial charge in [-0.2, -0.15) is 0 Å². The van der Waals surface area contributed by atoms with Crippen LogP contribution in [0.2, 0.25) is 0 Å². The van der Waals surface area contributed by atoms with Crippen LogP contribution in [0.3, 0.4) is 0 Å². The SMILES string of the molecule is O=C(O)c1c[nH]c2ncc(Oc3ccc4c(c3)[C@H](O)CC4)nc12. The Labute approximate surface area is 130 Å². The van der Waals surface area contributed by atoms with Gasteiger partial charge in [-0.3, -0.25) is 0 Å². The summed E-state index contributed by atoms with van der Waals surface area (Å²) in [5.74, 6) is -0.346. The number of rotatable bonds is 3. The maximum Gasteiger partial charge on any atom is 0.339 e. The minimum absolute atomic E-state index is 0.0438. The number of carboxylic acid groups (broad SMARTS) is 1. The van der Waals surface area contributed by atoms with Gasteiger partial charge in [-0.1, -0.05) is 6.07 Å². The van der Waals surface area contributed by atoms with Gasteiger partial charge in [-0.05, 0) is 36.1 Å². The van der Waals surface area contributed by atoms with Crippen molar-refractivity contribution in [3.63, 3.8) is 0 Å². The lowest BCUT2D eigenvalue weighted by molar-refractivity contribution is 0.0699. The van der Waals surface area contributed by atoms with Gasteiger partial charge in [0.1, 0.15) is 16.8 Å². The van der Waals surface area contributed by atoms with Crippen LogP contribution in [0.4, 0.5) is 0 Å². The van der Waals surface area contributed by atoms with E-state index in [1.54, 1.807) is 12.1 Å². The Bertz CT molecular complexity index is 919. The minimum Gasteiger partial charge on any atom is -0.478 e. The fraction of sp³-hybridized carbons (Fsp3) is 0.188. The van der Waals surface area contributed by atoms with Crippen molar-refractivity contribution < 1.29 is 19.7 Å². The minimum atomic E-state index is -1.08. The number of fused-ring (bicyclic) bond motifs is 2. The number of aliphatic hydroxyl groups is 1. The monoisotopic (exact) mass is 311 g/mol. The van der Waals surface area contributed by atoms with E-state index in [0.29, 0.717) is 11.4 Å². The van der Waals surface area contributed by atoms with Crippen LogP contribution in [-0.2, 0) is 6.42 Å². The number of benzene rings is 1. The highest BCUT2D eigenvalue weighted by Crippen LogP contribution is 2.34. The molecule has 0 unspecified atom stereocenters. The number of carboxylic acids is 1. The number of aromatic nitrogens is 3. The molecule has 1 aliphatic carbocycles. The molecule has 7 heteroatoms. The molecule has 2 aromatic heterocycles. The van der Waals surface area contributed by atoms with Gasteiger partial charge >= 0.3 is 5.97 Å². The maximum absolute atomic E-state index is 11.2. The van der Waals surface area contributed by atoms with E-state index in [1.807, 2.05) is 6.07 Å². The first-order chi connectivity index (χ1) is 11.1. The number of nitrogens with zero attached hydrogens (tertiary/aromatic N) is 2. The first-order valence-electron chi connectivity index (χ1n) is 7.18. The van der Waals surface area contributed by atoms with Crippen molar-refractivity contribution in [2.45, 2.75) is 18.9 Å². The van der Waals surface area contributed by atoms with Crippen LogP contribution in [0.15, 0.2) is 30.6 Å². The predicted octanol–water partition coefficient (Wildman–Crippen LogP) is 2.43. The normalized spacial score (nSPS) is 16.5. The van der Waals surface area contributed by atoms with E-state index >= 15 is 0 Å². The zero-order valence-electron chi connectivity index (χ0n) is 12.0. The average Bonchev–Trinajstić information content (AvgIpc) is 3.11. The summed E-state index contributed by atoms with van der Waals surface area (Å²) in [5, 5.41) is 19.1. The predicted molar refractivity (Wildman–Crippen MR) is 80.6 cm³/mol. The van der Waals surface area contributed by atoms with Crippen molar-refractivity contribution in [2.24, 2.45) is 0 Å². The second-order valence-corrected chi connectivity index (χ2v) is 5.43. The summed E-state index contributed by atoms with van der Waals surface area (Å²) in [6, 6.07) is 5.51. The number of H-pyrrole nitrogens is 1. The van der Waals surface area contributed by atoms with Crippen molar-refractivity contribution in [3.05, 3.63) is 47.3 Å². The average molecular weight is 311 g/mol. The summed E-state index contributed by atoms with van der Waals surface area (Å²) < 4.78 is 5.67. The summed E-state index contributed by atoms with van der Waals surface area (Å²) in [5.41, 5.74) is 2.66. The highest BCUT2D eigenvalue weighted by Gasteiger charge is 2.21. The van der Waals surface area contributed by atoms with E-state index < -0.39 is 12.1 Å². The van der Waals surface area contributed by atoms with Crippen molar-refractivity contribution in [1.29, 1.82) is 0 Å². The number of aryl methyl sites for hydroxylation is 1. The molecule has 3 aromatic rings. The number of aliphatic hydroxyl groups excluding tert-OH is 1. The standard InChI is InChI=1S/C16H13N3O4/c20-12-4-2-8-1-3-9(5-10(8)12)23-13-7-18-15-14(19-13)11(6-17-15)16(21)22/h1,3,5-7,12,20H,2,4H2,(H,17,18)(H,21,22)/t12-/m1/s1. The van der Waals surface area contributed by atoms with E-state index in [2.05, 4.69) is 15.0 Å². The fourth-order valence-corrected chi connectivity index (χ4v) is 2.83. The van der Waals surface area contributed by atoms with Crippen LogP contribution in [0.5, 0.6) is 11.6 Å². The molecule has 0 bridgehead atoms. The molecule has 1 atom stereocenters. The Hall–Kier alpha value is -2.93. The van der Waals surface area contributed by atoms with Gasteiger partial charge in [0.15, 0.2) is 5.65 Å². The van der Waals surface area contributed by atoms with Crippen LogP contribution >= 0.6 is 0 Å². The van der Waals surface area contributed by atoms with Crippen molar-refractivity contribution in [3.8, 4) is 11.6 Å². The largest absolute Gasteiger partial charge is 0.478 e. The van der Waals surface area contributed by atoms with E-state index in [1.165, 1.54) is 12.4 Å². The topological polar surface area (TPSA) is 108 Å². The van der Waals surface area contributed by atoms with Gasteiger partial charge in [0.25, 0.3) is 0 Å². The Morgan fingerprint density at radius 3 is 3.09 bits per heavy atom. The molecule has 0 spiro atoms. The highest BCUT2D eigenvalue weighted by molar-refractivity contribution is 6.00. The molecule has 23 heavy (non-hydrogen) atoms. The molecule has 0 aliphatic heterocycles. The van der Waals surface area contributed by atoms with Crippen LogP contribution in [-0.4, -0.2) is 31.1 Å². The van der Waals surface area contributed by atoms with Gasteiger partial charge in [-0.15, -0.1) is 0 Å². The second-order valence-electron chi connectivity index (χ2n) is 5.43. The number of hydrogen-bond donors (Lipinski definition) is 3. The number of aromatic carboxylic acids is 1.